The second-order valence-electron chi connectivity index (χ2n) is 3.82. The van der Waals surface area contributed by atoms with Crippen molar-refractivity contribution in [3.8, 4) is 23.1 Å². The number of nitrogens with zero attached hydrogens (tertiary/aromatic N) is 1. The minimum atomic E-state index is 0.250. The van der Waals surface area contributed by atoms with Crippen molar-refractivity contribution in [2.45, 2.75) is 6.54 Å². The van der Waals surface area contributed by atoms with Gasteiger partial charge in [0.05, 0.1) is 0 Å². The third-order valence-electron chi connectivity index (χ3n) is 2.60. The SMILES string of the molecule is NCc1ccnc(Oc2ccc3c(c2)OCO3)c1. The Morgan fingerprint density at radius 3 is 2.94 bits per heavy atom. The fourth-order valence-electron chi connectivity index (χ4n) is 1.69. The first-order valence-corrected chi connectivity index (χ1v) is 5.57. The van der Waals surface area contributed by atoms with E-state index in [1.165, 1.54) is 0 Å². The largest absolute Gasteiger partial charge is 0.454 e. The fourth-order valence-corrected chi connectivity index (χ4v) is 1.69. The van der Waals surface area contributed by atoms with Crippen LogP contribution in [0.25, 0.3) is 0 Å². The molecule has 0 aliphatic carbocycles. The van der Waals surface area contributed by atoms with Crippen molar-refractivity contribution in [2.75, 3.05) is 6.79 Å². The average Bonchev–Trinajstić information content (AvgIpc) is 2.86. The number of nitrogens with two attached hydrogens (primary N) is 1. The summed E-state index contributed by atoms with van der Waals surface area (Å²) < 4.78 is 16.2. The minimum absolute atomic E-state index is 0.250. The summed E-state index contributed by atoms with van der Waals surface area (Å²) in [7, 11) is 0. The van der Waals surface area contributed by atoms with Gasteiger partial charge in [-0.3, -0.25) is 0 Å². The van der Waals surface area contributed by atoms with Gasteiger partial charge in [-0.15, -0.1) is 0 Å². The van der Waals surface area contributed by atoms with E-state index in [0.29, 0.717) is 23.9 Å². The molecule has 2 aromatic rings. The maximum atomic E-state index is 5.64. The molecule has 1 aliphatic rings. The molecule has 5 heteroatoms. The second-order valence-corrected chi connectivity index (χ2v) is 3.82. The molecule has 92 valence electrons. The smallest absolute Gasteiger partial charge is 0.231 e. The lowest BCUT2D eigenvalue weighted by atomic mass is 10.2. The molecule has 0 unspecified atom stereocenters. The van der Waals surface area contributed by atoms with E-state index in [4.69, 9.17) is 19.9 Å². The van der Waals surface area contributed by atoms with Gasteiger partial charge in [0.15, 0.2) is 11.5 Å². The highest BCUT2D eigenvalue weighted by Crippen LogP contribution is 2.36. The van der Waals surface area contributed by atoms with E-state index in [2.05, 4.69) is 4.98 Å². The van der Waals surface area contributed by atoms with Crippen molar-refractivity contribution in [3.63, 3.8) is 0 Å². The van der Waals surface area contributed by atoms with Crippen LogP contribution in [0.15, 0.2) is 36.5 Å². The summed E-state index contributed by atoms with van der Waals surface area (Å²) in [5.74, 6) is 2.58. The van der Waals surface area contributed by atoms with Crippen molar-refractivity contribution in [3.05, 3.63) is 42.1 Å². The number of aromatic nitrogens is 1. The molecular weight excluding hydrogens is 232 g/mol. The number of benzene rings is 1. The zero-order valence-electron chi connectivity index (χ0n) is 9.63. The quantitative estimate of drug-likeness (QED) is 0.895. The summed E-state index contributed by atoms with van der Waals surface area (Å²) in [6, 6.07) is 9.06. The van der Waals surface area contributed by atoms with E-state index in [9.17, 15) is 0 Å². The minimum Gasteiger partial charge on any atom is -0.454 e. The number of hydrogen-bond acceptors (Lipinski definition) is 5. The Balaban J connectivity index is 1.83. The molecule has 0 spiro atoms. The highest BCUT2D eigenvalue weighted by Gasteiger charge is 2.14. The Hall–Kier alpha value is -2.27. The Kier molecular flexibility index (Phi) is 2.74. The standard InChI is InChI=1S/C13H12N2O3/c14-7-9-3-4-15-13(5-9)18-10-1-2-11-12(6-10)17-8-16-11/h1-6H,7-8,14H2. The zero-order valence-corrected chi connectivity index (χ0v) is 9.63. The Labute approximate surface area is 104 Å². The van der Waals surface area contributed by atoms with Crippen LogP contribution >= 0.6 is 0 Å². The van der Waals surface area contributed by atoms with Gasteiger partial charge in [0, 0.05) is 24.9 Å². The van der Waals surface area contributed by atoms with Crippen LogP contribution in [0.1, 0.15) is 5.56 Å². The number of fused-ring (bicyclic) bond motifs is 1. The van der Waals surface area contributed by atoms with Crippen molar-refractivity contribution < 1.29 is 14.2 Å². The molecular formula is C13H12N2O3. The third-order valence-corrected chi connectivity index (χ3v) is 2.60. The fraction of sp³-hybridized carbons (Fsp3) is 0.154. The number of pyridine rings is 1. The van der Waals surface area contributed by atoms with Gasteiger partial charge in [0.25, 0.3) is 0 Å². The first kappa shape index (κ1) is 10.9. The molecule has 1 aromatic heterocycles. The van der Waals surface area contributed by atoms with Gasteiger partial charge in [-0.05, 0) is 23.8 Å². The molecule has 1 aromatic carbocycles. The molecule has 5 nitrogen and oxygen atoms in total. The molecule has 3 rings (SSSR count). The molecule has 0 saturated heterocycles. The van der Waals surface area contributed by atoms with E-state index in [1.54, 1.807) is 12.3 Å². The van der Waals surface area contributed by atoms with Crippen molar-refractivity contribution in [2.24, 2.45) is 5.73 Å². The summed E-state index contributed by atoms with van der Waals surface area (Å²) in [6.45, 7) is 0.708. The van der Waals surface area contributed by atoms with Crippen LogP contribution in [0.3, 0.4) is 0 Å². The molecule has 2 N–H and O–H groups in total. The molecule has 0 saturated carbocycles. The van der Waals surface area contributed by atoms with E-state index in [-0.39, 0.29) is 6.79 Å². The molecule has 0 amide bonds. The lowest BCUT2D eigenvalue weighted by molar-refractivity contribution is 0.174. The van der Waals surface area contributed by atoms with Crippen LogP contribution in [0.2, 0.25) is 0 Å². The van der Waals surface area contributed by atoms with Crippen LogP contribution in [0, 0.1) is 0 Å². The molecule has 1 aliphatic heterocycles. The summed E-state index contributed by atoms with van der Waals surface area (Å²) in [5.41, 5.74) is 6.54. The van der Waals surface area contributed by atoms with Crippen LogP contribution < -0.4 is 19.9 Å². The second kappa shape index (κ2) is 4.54. The Bertz CT molecular complexity index is 572. The van der Waals surface area contributed by atoms with Crippen LogP contribution in [-0.4, -0.2) is 11.8 Å². The topological polar surface area (TPSA) is 66.6 Å². The van der Waals surface area contributed by atoms with E-state index < -0.39 is 0 Å². The molecule has 0 radical (unpaired) electrons. The normalized spacial score (nSPS) is 12.5. The lowest BCUT2D eigenvalue weighted by Crippen LogP contribution is -1.97. The number of ether oxygens (including phenoxy) is 3. The first-order valence-electron chi connectivity index (χ1n) is 5.57. The van der Waals surface area contributed by atoms with Crippen LogP contribution in [-0.2, 0) is 6.54 Å². The van der Waals surface area contributed by atoms with E-state index >= 15 is 0 Å². The number of rotatable bonds is 3. The van der Waals surface area contributed by atoms with Gasteiger partial charge in [-0.1, -0.05) is 0 Å². The molecule has 2 heterocycles. The van der Waals surface area contributed by atoms with Gasteiger partial charge in [0.2, 0.25) is 12.7 Å². The van der Waals surface area contributed by atoms with Gasteiger partial charge < -0.3 is 19.9 Å². The van der Waals surface area contributed by atoms with Crippen molar-refractivity contribution in [1.82, 2.24) is 4.98 Å². The Morgan fingerprint density at radius 2 is 2.06 bits per heavy atom. The first-order chi connectivity index (χ1) is 8.85. The summed E-state index contributed by atoms with van der Waals surface area (Å²) in [5, 5.41) is 0. The highest BCUT2D eigenvalue weighted by atomic mass is 16.7. The maximum Gasteiger partial charge on any atom is 0.231 e. The zero-order chi connectivity index (χ0) is 12.4. The van der Waals surface area contributed by atoms with Gasteiger partial charge >= 0.3 is 0 Å². The summed E-state index contributed by atoms with van der Waals surface area (Å²) in [6.07, 6.45) is 1.67. The van der Waals surface area contributed by atoms with Crippen molar-refractivity contribution >= 4 is 0 Å². The molecule has 0 bridgehead atoms. The predicted octanol–water partition coefficient (Wildman–Crippen LogP) is 2.06. The predicted molar refractivity (Wildman–Crippen MR) is 64.8 cm³/mol. The van der Waals surface area contributed by atoms with Crippen molar-refractivity contribution in [1.29, 1.82) is 0 Å². The van der Waals surface area contributed by atoms with Gasteiger partial charge in [-0.2, -0.15) is 0 Å². The molecule has 0 atom stereocenters. The van der Waals surface area contributed by atoms with Crippen LogP contribution in [0.4, 0.5) is 0 Å². The summed E-state index contributed by atoms with van der Waals surface area (Å²) in [4.78, 5) is 4.13. The van der Waals surface area contributed by atoms with Gasteiger partial charge in [-0.25, -0.2) is 4.98 Å². The Morgan fingerprint density at radius 1 is 1.17 bits per heavy atom. The molecule has 0 fully saturated rings. The van der Waals surface area contributed by atoms with Gasteiger partial charge in [0.1, 0.15) is 5.75 Å². The van der Waals surface area contributed by atoms with E-state index in [1.807, 2.05) is 24.3 Å². The summed E-state index contributed by atoms with van der Waals surface area (Å²) >= 11 is 0. The average molecular weight is 244 g/mol. The highest BCUT2D eigenvalue weighted by molar-refractivity contribution is 5.47. The molecule has 18 heavy (non-hydrogen) atoms. The third kappa shape index (κ3) is 2.08. The van der Waals surface area contributed by atoms with E-state index in [0.717, 1.165) is 11.3 Å². The number of hydrogen-bond donors (Lipinski definition) is 1. The monoisotopic (exact) mass is 244 g/mol. The maximum absolute atomic E-state index is 5.64. The lowest BCUT2D eigenvalue weighted by Gasteiger charge is -2.06. The van der Waals surface area contributed by atoms with Crippen LogP contribution in [0.5, 0.6) is 23.1 Å².